The molecule has 0 unspecified atom stereocenters. The van der Waals surface area contributed by atoms with Crippen molar-refractivity contribution in [3.8, 4) is 6.07 Å². The Morgan fingerprint density at radius 1 is 1.48 bits per heavy atom. The topological polar surface area (TPSA) is 76.4 Å². The number of hydrogen-bond donors (Lipinski definition) is 2. The number of carbonyl (C=O) groups excluding carboxylic acids is 1. The molecule has 0 bridgehead atoms. The first kappa shape index (κ1) is 15.8. The Morgan fingerprint density at radius 2 is 2.19 bits per heavy atom. The van der Waals surface area contributed by atoms with Crippen molar-refractivity contribution in [2.24, 2.45) is 0 Å². The number of nitrogens with one attached hydrogen (secondary N) is 1. The summed E-state index contributed by atoms with van der Waals surface area (Å²) >= 11 is 5.92. The molecule has 1 aliphatic heterocycles. The molecular weight excluding hydrogens is 290 g/mol. The van der Waals surface area contributed by atoms with Gasteiger partial charge in [0.15, 0.2) is 0 Å². The maximum Gasteiger partial charge on any atom is 0.225 e. The van der Waals surface area contributed by atoms with Gasteiger partial charge in [0.1, 0.15) is 6.07 Å². The molecule has 1 fully saturated rings. The molecule has 1 heterocycles. The van der Waals surface area contributed by atoms with Gasteiger partial charge in [0.05, 0.1) is 16.7 Å². The largest absolute Gasteiger partial charge is 0.393 e. The molecule has 0 saturated carbocycles. The highest BCUT2D eigenvalue weighted by molar-refractivity contribution is 6.32. The standard InChI is InChI=1S/C15H18ClN3O2/c16-14-9-12(2-1-11(14)10-17)18-15(21)5-8-19-6-3-13(20)4-7-19/h1-2,9,13,20H,3-8H2,(H,18,21). The lowest BCUT2D eigenvalue weighted by atomic mass is 10.1. The van der Waals surface area contributed by atoms with Crippen LogP contribution in [-0.4, -0.2) is 41.7 Å². The minimum absolute atomic E-state index is 0.0816. The van der Waals surface area contributed by atoms with Gasteiger partial charge in [-0.2, -0.15) is 5.26 Å². The monoisotopic (exact) mass is 307 g/mol. The van der Waals surface area contributed by atoms with Gasteiger partial charge in [-0.05, 0) is 31.0 Å². The smallest absolute Gasteiger partial charge is 0.225 e. The normalized spacial score (nSPS) is 16.4. The molecule has 0 aromatic heterocycles. The van der Waals surface area contributed by atoms with Crippen molar-refractivity contribution in [2.45, 2.75) is 25.4 Å². The molecule has 0 aliphatic carbocycles. The number of halogens is 1. The average Bonchev–Trinajstić information content (AvgIpc) is 2.47. The lowest BCUT2D eigenvalue weighted by molar-refractivity contribution is -0.116. The third-order valence-electron chi connectivity index (χ3n) is 3.59. The summed E-state index contributed by atoms with van der Waals surface area (Å²) in [7, 11) is 0. The second-order valence-electron chi connectivity index (χ2n) is 5.18. The molecule has 0 spiro atoms. The first-order valence-electron chi connectivity index (χ1n) is 6.98. The number of aliphatic hydroxyl groups excluding tert-OH is 1. The van der Waals surface area contributed by atoms with E-state index in [-0.39, 0.29) is 12.0 Å². The van der Waals surface area contributed by atoms with Crippen LogP contribution in [0.15, 0.2) is 18.2 Å². The van der Waals surface area contributed by atoms with E-state index in [9.17, 15) is 9.90 Å². The zero-order valence-corrected chi connectivity index (χ0v) is 12.4. The number of piperidine rings is 1. The summed E-state index contributed by atoms with van der Waals surface area (Å²) in [4.78, 5) is 14.1. The second kappa shape index (κ2) is 7.41. The van der Waals surface area contributed by atoms with Crippen LogP contribution in [0.4, 0.5) is 5.69 Å². The third-order valence-corrected chi connectivity index (χ3v) is 3.90. The minimum atomic E-state index is -0.198. The van der Waals surface area contributed by atoms with Crippen LogP contribution in [0.5, 0.6) is 0 Å². The summed E-state index contributed by atoms with van der Waals surface area (Å²) in [5, 5.41) is 21.3. The van der Waals surface area contributed by atoms with Crippen molar-refractivity contribution in [2.75, 3.05) is 25.0 Å². The molecule has 6 heteroatoms. The number of carbonyl (C=O) groups is 1. The van der Waals surface area contributed by atoms with Gasteiger partial charge in [-0.15, -0.1) is 0 Å². The number of likely N-dealkylation sites (tertiary alicyclic amines) is 1. The van der Waals surface area contributed by atoms with Crippen molar-refractivity contribution in [3.05, 3.63) is 28.8 Å². The molecule has 5 nitrogen and oxygen atoms in total. The Balaban J connectivity index is 1.79. The van der Waals surface area contributed by atoms with E-state index in [0.29, 0.717) is 29.2 Å². The van der Waals surface area contributed by atoms with Gasteiger partial charge >= 0.3 is 0 Å². The van der Waals surface area contributed by atoms with Crippen molar-refractivity contribution in [1.29, 1.82) is 5.26 Å². The van der Waals surface area contributed by atoms with E-state index < -0.39 is 0 Å². The van der Waals surface area contributed by atoms with Crippen LogP contribution in [0.1, 0.15) is 24.8 Å². The van der Waals surface area contributed by atoms with Crippen LogP contribution in [-0.2, 0) is 4.79 Å². The Hall–Kier alpha value is -1.61. The van der Waals surface area contributed by atoms with Gasteiger partial charge in [0.2, 0.25) is 5.91 Å². The number of nitriles is 1. The predicted octanol–water partition coefficient (Wildman–Crippen LogP) is 2.00. The highest BCUT2D eigenvalue weighted by Crippen LogP contribution is 2.20. The SMILES string of the molecule is N#Cc1ccc(NC(=O)CCN2CCC(O)CC2)cc1Cl. The molecule has 2 N–H and O–H groups in total. The highest BCUT2D eigenvalue weighted by atomic mass is 35.5. The fraction of sp³-hybridized carbons (Fsp3) is 0.467. The Bertz CT molecular complexity index is 548. The number of benzene rings is 1. The molecule has 1 amide bonds. The summed E-state index contributed by atoms with van der Waals surface area (Å²) in [5.74, 6) is -0.0816. The van der Waals surface area contributed by atoms with Crippen LogP contribution in [0.2, 0.25) is 5.02 Å². The van der Waals surface area contributed by atoms with E-state index in [4.69, 9.17) is 16.9 Å². The zero-order valence-electron chi connectivity index (χ0n) is 11.7. The third kappa shape index (κ3) is 4.71. The van der Waals surface area contributed by atoms with Gasteiger partial charge in [0.25, 0.3) is 0 Å². The number of hydrogen-bond acceptors (Lipinski definition) is 4. The van der Waals surface area contributed by atoms with E-state index >= 15 is 0 Å². The van der Waals surface area contributed by atoms with E-state index in [1.807, 2.05) is 6.07 Å². The molecule has 112 valence electrons. The molecule has 1 aromatic carbocycles. The van der Waals surface area contributed by atoms with Crippen LogP contribution in [0, 0.1) is 11.3 Å². The summed E-state index contributed by atoms with van der Waals surface area (Å²) in [6, 6.07) is 6.81. The van der Waals surface area contributed by atoms with Gasteiger partial charge in [0, 0.05) is 31.7 Å². The Morgan fingerprint density at radius 3 is 2.81 bits per heavy atom. The Labute approximate surface area is 129 Å². The van der Waals surface area contributed by atoms with Crippen LogP contribution in [0.25, 0.3) is 0 Å². The summed E-state index contributed by atoms with van der Waals surface area (Å²) in [6.07, 6.45) is 1.74. The summed E-state index contributed by atoms with van der Waals surface area (Å²) < 4.78 is 0. The fourth-order valence-electron chi connectivity index (χ4n) is 2.31. The quantitative estimate of drug-likeness (QED) is 0.892. The first-order chi connectivity index (χ1) is 10.1. The fourth-order valence-corrected chi connectivity index (χ4v) is 2.53. The lowest BCUT2D eigenvalue weighted by Crippen LogP contribution is -2.37. The van der Waals surface area contributed by atoms with Crippen molar-refractivity contribution in [3.63, 3.8) is 0 Å². The van der Waals surface area contributed by atoms with Crippen molar-refractivity contribution < 1.29 is 9.90 Å². The summed E-state index contributed by atoms with van der Waals surface area (Å²) in [5.41, 5.74) is 0.986. The predicted molar refractivity (Wildman–Crippen MR) is 81.1 cm³/mol. The van der Waals surface area contributed by atoms with Crippen LogP contribution < -0.4 is 5.32 Å². The van der Waals surface area contributed by atoms with Gasteiger partial charge in [-0.3, -0.25) is 4.79 Å². The number of anilines is 1. The van der Waals surface area contributed by atoms with E-state index in [0.717, 1.165) is 25.9 Å². The van der Waals surface area contributed by atoms with Gasteiger partial charge in [-0.25, -0.2) is 0 Å². The maximum absolute atomic E-state index is 11.9. The maximum atomic E-state index is 11.9. The number of aliphatic hydroxyl groups is 1. The number of amides is 1. The van der Waals surface area contributed by atoms with E-state index in [1.54, 1.807) is 18.2 Å². The Kier molecular flexibility index (Phi) is 5.57. The molecular formula is C15H18ClN3O2. The number of rotatable bonds is 4. The van der Waals surface area contributed by atoms with Crippen LogP contribution >= 0.6 is 11.6 Å². The van der Waals surface area contributed by atoms with Gasteiger partial charge in [-0.1, -0.05) is 11.6 Å². The molecule has 21 heavy (non-hydrogen) atoms. The second-order valence-corrected chi connectivity index (χ2v) is 5.58. The number of nitrogens with zero attached hydrogens (tertiary/aromatic N) is 2. The molecule has 2 rings (SSSR count). The van der Waals surface area contributed by atoms with Crippen molar-refractivity contribution in [1.82, 2.24) is 4.90 Å². The zero-order chi connectivity index (χ0) is 15.2. The van der Waals surface area contributed by atoms with E-state index in [1.165, 1.54) is 0 Å². The molecule has 1 aliphatic rings. The molecule has 0 atom stereocenters. The summed E-state index contributed by atoms with van der Waals surface area (Å²) in [6.45, 7) is 2.34. The molecule has 1 saturated heterocycles. The van der Waals surface area contributed by atoms with Gasteiger partial charge < -0.3 is 15.3 Å². The highest BCUT2D eigenvalue weighted by Gasteiger charge is 2.17. The average molecular weight is 308 g/mol. The minimum Gasteiger partial charge on any atom is -0.393 e. The van der Waals surface area contributed by atoms with E-state index in [2.05, 4.69) is 10.2 Å². The molecule has 0 radical (unpaired) electrons. The molecule has 1 aromatic rings. The van der Waals surface area contributed by atoms with Crippen molar-refractivity contribution >= 4 is 23.2 Å². The lowest BCUT2D eigenvalue weighted by Gasteiger charge is -2.29. The first-order valence-corrected chi connectivity index (χ1v) is 7.36. The van der Waals surface area contributed by atoms with Crippen LogP contribution in [0.3, 0.4) is 0 Å².